The number of anilines is 2. The van der Waals surface area contributed by atoms with Crippen molar-refractivity contribution >= 4 is 17.9 Å². The number of benzene rings is 1. The lowest BCUT2D eigenvalue weighted by Gasteiger charge is -2.22. The van der Waals surface area contributed by atoms with Gasteiger partial charge in [-0.3, -0.25) is 0 Å². The Hall–Kier alpha value is -3.76. The maximum Gasteiger partial charge on any atom is 0.416 e. The number of hydrogen-bond donors (Lipinski definition) is 1. The molecule has 3 atom stereocenters. The standard InChI is InChI=1S/C22H21F3N6O2/c1-11-6-14(4-5-16(11)24)15-7-26-19(27-8-15)13(3)29-21-28-9-17(25)20(30-21)31-18(12(2)23)10-33-22(31)32/h4-9,12-13,18H,10H2,1-3H3,(H,28,29,30)/t12-,13-,18+/m0/s1. The van der Waals surface area contributed by atoms with Crippen LogP contribution >= 0.6 is 0 Å². The molecule has 4 rings (SSSR count). The molecule has 172 valence electrons. The molecule has 33 heavy (non-hydrogen) atoms. The summed E-state index contributed by atoms with van der Waals surface area (Å²) >= 11 is 0. The van der Waals surface area contributed by atoms with Gasteiger partial charge in [-0.05, 0) is 44.0 Å². The van der Waals surface area contributed by atoms with Crippen molar-refractivity contribution in [2.75, 3.05) is 16.8 Å². The first-order chi connectivity index (χ1) is 15.7. The predicted octanol–water partition coefficient (Wildman–Crippen LogP) is 4.38. The largest absolute Gasteiger partial charge is 0.447 e. The van der Waals surface area contributed by atoms with Gasteiger partial charge in [0.15, 0.2) is 11.6 Å². The summed E-state index contributed by atoms with van der Waals surface area (Å²) in [6, 6.07) is 3.27. The van der Waals surface area contributed by atoms with Gasteiger partial charge in [0.1, 0.15) is 30.5 Å². The smallest absolute Gasteiger partial charge is 0.416 e. The number of nitrogens with zero attached hydrogens (tertiary/aromatic N) is 5. The quantitative estimate of drug-likeness (QED) is 0.586. The first-order valence-electron chi connectivity index (χ1n) is 10.2. The zero-order chi connectivity index (χ0) is 23.7. The summed E-state index contributed by atoms with van der Waals surface area (Å²) in [4.78, 5) is 29.5. The Morgan fingerprint density at radius 2 is 1.82 bits per heavy atom. The van der Waals surface area contributed by atoms with E-state index in [9.17, 15) is 18.0 Å². The molecule has 2 aromatic heterocycles. The van der Waals surface area contributed by atoms with Crippen molar-refractivity contribution in [1.82, 2.24) is 19.9 Å². The lowest BCUT2D eigenvalue weighted by Crippen LogP contribution is -2.40. The van der Waals surface area contributed by atoms with Crippen molar-refractivity contribution in [3.8, 4) is 11.1 Å². The molecule has 3 aromatic rings. The SMILES string of the molecule is Cc1cc(-c2cnc([C@H](C)Nc3ncc(F)c(N4C(=O)OC[C@@H]4[C@H](C)F)n3)nc2)ccc1F. The second-order valence-corrected chi connectivity index (χ2v) is 7.72. The lowest BCUT2D eigenvalue weighted by molar-refractivity contribution is 0.174. The average molecular weight is 458 g/mol. The fourth-order valence-electron chi connectivity index (χ4n) is 3.41. The number of nitrogens with one attached hydrogen (secondary N) is 1. The minimum Gasteiger partial charge on any atom is -0.447 e. The summed E-state index contributed by atoms with van der Waals surface area (Å²) in [5.74, 6) is -1.14. The van der Waals surface area contributed by atoms with Gasteiger partial charge in [0.2, 0.25) is 5.95 Å². The van der Waals surface area contributed by atoms with E-state index in [1.807, 2.05) is 0 Å². The van der Waals surface area contributed by atoms with Crippen LogP contribution in [0.2, 0.25) is 0 Å². The highest BCUT2D eigenvalue weighted by atomic mass is 19.1. The van der Waals surface area contributed by atoms with Crippen molar-refractivity contribution in [3.63, 3.8) is 0 Å². The van der Waals surface area contributed by atoms with Crippen LogP contribution in [0.15, 0.2) is 36.8 Å². The van der Waals surface area contributed by atoms with E-state index in [0.717, 1.165) is 16.7 Å². The molecule has 0 radical (unpaired) electrons. The predicted molar refractivity (Wildman–Crippen MR) is 114 cm³/mol. The Bertz CT molecular complexity index is 1180. The van der Waals surface area contributed by atoms with Crippen LogP contribution in [0.3, 0.4) is 0 Å². The highest BCUT2D eigenvalue weighted by Crippen LogP contribution is 2.28. The van der Waals surface area contributed by atoms with Gasteiger partial charge in [-0.2, -0.15) is 4.98 Å². The minimum atomic E-state index is -1.45. The molecule has 1 saturated heterocycles. The topological polar surface area (TPSA) is 93.1 Å². The van der Waals surface area contributed by atoms with Gasteiger partial charge in [0.05, 0.1) is 12.2 Å². The zero-order valence-electron chi connectivity index (χ0n) is 18.1. The van der Waals surface area contributed by atoms with Gasteiger partial charge < -0.3 is 10.1 Å². The summed E-state index contributed by atoms with van der Waals surface area (Å²) in [6.07, 6.45) is 1.79. The number of ether oxygens (including phenoxy) is 1. The van der Waals surface area contributed by atoms with Crippen molar-refractivity contribution in [2.45, 2.75) is 39.0 Å². The molecule has 1 amide bonds. The maximum atomic E-state index is 14.4. The number of carbonyl (C=O) groups is 1. The van der Waals surface area contributed by atoms with E-state index in [2.05, 4.69) is 25.3 Å². The monoisotopic (exact) mass is 458 g/mol. The number of hydrogen-bond acceptors (Lipinski definition) is 7. The molecule has 1 aliphatic heterocycles. The number of aryl methyl sites for hydroxylation is 1. The van der Waals surface area contributed by atoms with Gasteiger partial charge in [-0.15, -0.1) is 0 Å². The first-order valence-corrected chi connectivity index (χ1v) is 10.2. The van der Waals surface area contributed by atoms with Crippen LogP contribution in [0.25, 0.3) is 11.1 Å². The Kier molecular flexibility index (Phi) is 6.12. The van der Waals surface area contributed by atoms with E-state index >= 15 is 0 Å². The molecule has 1 aliphatic rings. The molecule has 0 spiro atoms. The number of amides is 1. The van der Waals surface area contributed by atoms with Crippen molar-refractivity contribution in [1.29, 1.82) is 0 Å². The summed E-state index contributed by atoms with van der Waals surface area (Å²) in [7, 11) is 0. The van der Waals surface area contributed by atoms with Gasteiger partial charge in [-0.1, -0.05) is 6.07 Å². The van der Waals surface area contributed by atoms with Gasteiger partial charge in [0.25, 0.3) is 0 Å². The third-order valence-corrected chi connectivity index (χ3v) is 5.29. The molecule has 11 heteroatoms. The third kappa shape index (κ3) is 4.57. The molecule has 0 aliphatic carbocycles. The Morgan fingerprint density at radius 1 is 1.09 bits per heavy atom. The van der Waals surface area contributed by atoms with Crippen molar-refractivity contribution in [2.24, 2.45) is 0 Å². The highest BCUT2D eigenvalue weighted by Gasteiger charge is 2.40. The average Bonchev–Trinajstić information content (AvgIpc) is 3.18. The molecule has 3 heterocycles. The summed E-state index contributed by atoms with van der Waals surface area (Å²) in [5.41, 5.74) is 2.01. The third-order valence-electron chi connectivity index (χ3n) is 5.29. The molecule has 1 aromatic carbocycles. The lowest BCUT2D eigenvalue weighted by atomic mass is 10.1. The number of rotatable bonds is 6. The van der Waals surface area contributed by atoms with Gasteiger partial charge in [0, 0.05) is 18.0 Å². The van der Waals surface area contributed by atoms with Crippen LogP contribution in [0.4, 0.5) is 29.7 Å². The minimum absolute atomic E-state index is 0.00528. The number of halogens is 3. The first kappa shape index (κ1) is 22.4. The van der Waals surface area contributed by atoms with Crippen LogP contribution < -0.4 is 10.2 Å². The van der Waals surface area contributed by atoms with Crippen LogP contribution in [0, 0.1) is 18.6 Å². The normalized spacial score (nSPS) is 17.6. The number of cyclic esters (lactones) is 1. The van der Waals surface area contributed by atoms with Crippen molar-refractivity contribution < 1.29 is 22.7 Å². The van der Waals surface area contributed by atoms with Crippen molar-refractivity contribution in [3.05, 3.63) is 59.8 Å². The molecule has 0 unspecified atom stereocenters. The molecule has 8 nitrogen and oxygen atoms in total. The number of carbonyl (C=O) groups excluding carboxylic acids is 1. The van der Waals surface area contributed by atoms with Crippen LogP contribution in [0.5, 0.6) is 0 Å². The maximum absolute atomic E-state index is 14.4. The van der Waals surface area contributed by atoms with E-state index in [1.165, 1.54) is 13.0 Å². The van der Waals surface area contributed by atoms with E-state index in [0.29, 0.717) is 17.0 Å². The summed E-state index contributed by atoms with van der Waals surface area (Å²) in [5, 5.41) is 2.95. The van der Waals surface area contributed by atoms with Crippen LogP contribution in [-0.2, 0) is 4.74 Å². The van der Waals surface area contributed by atoms with Crippen LogP contribution in [-0.4, -0.2) is 44.8 Å². The molecule has 1 N–H and O–H groups in total. The van der Waals surface area contributed by atoms with E-state index < -0.39 is 30.2 Å². The Labute approximate surface area is 187 Å². The Morgan fingerprint density at radius 3 is 2.48 bits per heavy atom. The second-order valence-electron chi connectivity index (χ2n) is 7.72. The molecular formula is C22H21F3N6O2. The highest BCUT2D eigenvalue weighted by molar-refractivity contribution is 5.89. The molecule has 1 fully saturated rings. The van der Waals surface area contributed by atoms with E-state index in [-0.39, 0.29) is 24.2 Å². The van der Waals surface area contributed by atoms with E-state index in [4.69, 9.17) is 4.74 Å². The molecule has 0 bridgehead atoms. The summed E-state index contributed by atoms with van der Waals surface area (Å²) in [6.45, 7) is 4.48. The number of alkyl halides is 1. The second kappa shape index (κ2) is 9.00. The molecular weight excluding hydrogens is 437 g/mol. The van der Waals surface area contributed by atoms with Crippen LogP contribution in [0.1, 0.15) is 31.3 Å². The summed E-state index contributed by atoms with van der Waals surface area (Å²) < 4.78 is 46.6. The van der Waals surface area contributed by atoms with Gasteiger partial charge in [-0.25, -0.2) is 37.8 Å². The molecule has 0 saturated carbocycles. The Balaban J connectivity index is 1.53. The number of aromatic nitrogens is 4. The fraction of sp³-hybridized carbons (Fsp3) is 0.318. The zero-order valence-corrected chi connectivity index (χ0v) is 18.1. The van der Waals surface area contributed by atoms with Gasteiger partial charge >= 0.3 is 6.09 Å². The fourth-order valence-corrected chi connectivity index (χ4v) is 3.41. The van der Waals surface area contributed by atoms with E-state index in [1.54, 1.807) is 38.4 Å².